The van der Waals surface area contributed by atoms with E-state index < -0.39 is 0 Å². The number of nitrogens with one attached hydrogen (secondary N) is 2. The molecule has 120 valence electrons. The van der Waals surface area contributed by atoms with Gasteiger partial charge in [0.15, 0.2) is 0 Å². The summed E-state index contributed by atoms with van der Waals surface area (Å²) in [6.45, 7) is 4.48. The van der Waals surface area contributed by atoms with Crippen molar-refractivity contribution < 1.29 is 9.59 Å². The molecule has 0 aromatic heterocycles. The highest BCUT2D eigenvalue weighted by Gasteiger charge is 2.06. The molecular weight excluding hydrogens is 288 g/mol. The van der Waals surface area contributed by atoms with Crippen LogP contribution in [-0.4, -0.2) is 18.4 Å². The second-order valence-electron chi connectivity index (χ2n) is 5.70. The van der Waals surface area contributed by atoms with Gasteiger partial charge in [-0.1, -0.05) is 59.7 Å². The van der Waals surface area contributed by atoms with E-state index in [1.54, 1.807) is 0 Å². The van der Waals surface area contributed by atoms with Crippen LogP contribution in [0.2, 0.25) is 0 Å². The number of aryl methyl sites for hydroxylation is 2. The summed E-state index contributed by atoms with van der Waals surface area (Å²) in [5.74, 6) is -0.345. The molecule has 2 rings (SSSR count). The van der Waals surface area contributed by atoms with Crippen molar-refractivity contribution in [1.29, 1.82) is 0 Å². The van der Waals surface area contributed by atoms with E-state index in [4.69, 9.17) is 0 Å². The van der Waals surface area contributed by atoms with Gasteiger partial charge in [-0.3, -0.25) is 9.59 Å². The molecule has 0 bridgehead atoms. The van der Waals surface area contributed by atoms with E-state index in [-0.39, 0.29) is 24.8 Å². The molecule has 4 nitrogen and oxygen atoms in total. The lowest BCUT2D eigenvalue weighted by Gasteiger charge is -2.08. The molecule has 0 spiro atoms. The highest BCUT2D eigenvalue weighted by Crippen LogP contribution is 2.04. The first kappa shape index (κ1) is 16.7. The molecule has 0 fully saturated rings. The smallest absolute Gasteiger partial charge is 0.239 e. The molecule has 0 atom stereocenters. The fourth-order valence-electron chi connectivity index (χ4n) is 2.10. The monoisotopic (exact) mass is 310 g/mol. The van der Waals surface area contributed by atoms with E-state index >= 15 is 0 Å². The maximum atomic E-state index is 11.8. The van der Waals surface area contributed by atoms with Crippen LogP contribution in [0.15, 0.2) is 48.5 Å². The molecule has 2 amide bonds. The first-order chi connectivity index (χ1) is 11.0. The number of amides is 2. The number of carbonyl (C=O) groups is 2. The molecule has 0 aliphatic rings. The van der Waals surface area contributed by atoms with E-state index in [0.29, 0.717) is 6.54 Å². The number of hydrogen-bond donors (Lipinski definition) is 2. The summed E-state index contributed by atoms with van der Waals surface area (Å²) >= 11 is 0. The van der Waals surface area contributed by atoms with Gasteiger partial charge in [-0.2, -0.15) is 0 Å². The number of carbonyl (C=O) groups excluding carboxylic acids is 2. The Morgan fingerprint density at radius 1 is 0.739 bits per heavy atom. The summed E-state index contributed by atoms with van der Waals surface area (Å²) in [6, 6.07) is 15.7. The van der Waals surface area contributed by atoms with Crippen LogP contribution in [0.1, 0.15) is 22.3 Å². The Morgan fingerprint density at radius 3 is 1.83 bits per heavy atom. The Kier molecular flexibility index (Phi) is 5.92. The van der Waals surface area contributed by atoms with E-state index in [1.807, 2.05) is 62.4 Å². The summed E-state index contributed by atoms with van der Waals surface area (Å²) in [5, 5.41) is 5.43. The molecular formula is C19H22N2O2. The highest BCUT2D eigenvalue weighted by molar-refractivity contribution is 5.85. The van der Waals surface area contributed by atoms with Gasteiger partial charge < -0.3 is 10.6 Å². The Labute approximate surface area is 136 Å². The van der Waals surface area contributed by atoms with Gasteiger partial charge in [0.25, 0.3) is 0 Å². The third-order valence-electron chi connectivity index (χ3n) is 3.54. The second kappa shape index (κ2) is 8.13. The van der Waals surface area contributed by atoms with E-state index in [0.717, 1.165) is 16.7 Å². The molecule has 2 aromatic carbocycles. The molecule has 2 N–H and O–H groups in total. The zero-order valence-corrected chi connectivity index (χ0v) is 13.6. The fraction of sp³-hybridized carbons (Fsp3) is 0.263. The van der Waals surface area contributed by atoms with Crippen LogP contribution in [0.4, 0.5) is 0 Å². The molecule has 0 saturated carbocycles. The quantitative estimate of drug-likeness (QED) is 0.860. The molecule has 0 saturated heterocycles. The number of rotatable bonds is 6. The van der Waals surface area contributed by atoms with Crippen molar-refractivity contribution in [2.24, 2.45) is 0 Å². The highest BCUT2D eigenvalue weighted by atomic mass is 16.2. The summed E-state index contributed by atoms with van der Waals surface area (Å²) in [7, 11) is 0. The van der Waals surface area contributed by atoms with E-state index in [9.17, 15) is 9.59 Å². The summed E-state index contributed by atoms with van der Waals surface area (Å²) in [4.78, 5) is 23.6. The van der Waals surface area contributed by atoms with Crippen molar-refractivity contribution in [1.82, 2.24) is 10.6 Å². The van der Waals surface area contributed by atoms with Crippen molar-refractivity contribution in [2.45, 2.75) is 26.8 Å². The van der Waals surface area contributed by atoms with Crippen LogP contribution in [0.25, 0.3) is 0 Å². The van der Waals surface area contributed by atoms with Gasteiger partial charge in [-0.15, -0.1) is 0 Å². The molecule has 0 heterocycles. The van der Waals surface area contributed by atoms with Gasteiger partial charge in [-0.25, -0.2) is 0 Å². The summed E-state index contributed by atoms with van der Waals surface area (Å²) in [6.07, 6.45) is 0.283. The van der Waals surface area contributed by atoms with Crippen LogP contribution in [-0.2, 0) is 22.6 Å². The summed E-state index contributed by atoms with van der Waals surface area (Å²) in [5.41, 5.74) is 4.32. The molecule has 2 aromatic rings. The van der Waals surface area contributed by atoms with Crippen molar-refractivity contribution >= 4 is 11.8 Å². The Hall–Kier alpha value is -2.62. The van der Waals surface area contributed by atoms with Crippen molar-refractivity contribution in [3.8, 4) is 0 Å². The maximum absolute atomic E-state index is 11.8. The van der Waals surface area contributed by atoms with E-state index in [2.05, 4.69) is 10.6 Å². The number of benzene rings is 2. The van der Waals surface area contributed by atoms with Gasteiger partial charge in [0.1, 0.15) is 0 Å². The minimum Gasteiger partial charge on any atom is -0.350 e. The normalized spacial score (nSPS) is 10.2. The van der Waals surface area contributed by atoms with Crippen molar-refractivity contribution in [2.75, 3.05) is 6.54 Å². The van der Waals surface area contributed by atoms with Crippen LogP contribution < -0.4 is 10.6 Å². The fourth-order valence-corrected chi connectivity index (χ4v) is 2.10. The van der Waals surface area contributed by atoms with Gasteiger partial charge >= 0.3 is 0 Å². The van der Waals surface area contributed by atoms with Crippen LogP contribution >= 0.6 is 0 Å². The minimum atomic E-state index is -0.192. The zero-order valence-electron chi connectivity index (χ0n) is 13.6. The van der Waals surface area contributed by atoms with E-state index in [1.165, 1.54) is 5.56 Å². The average Bonchev–Trinajstić information content (AvgIpc) is 2.54. The zero-order chi connectivity index (χ0) is 16.7. The number of hydrogen-bond acceptors (Lipinski definition) is 2. The molecule has 0 unspecified atom stereocenters. The third-order valence-corrected chi connectivity index (χ3v) is 3.54. The van der Waals surface area contributed by atoms with Gasteiger partial charge in [0, 0.05) is 6.54 Å². The molecule has 0 radical (unpaired) electrons. The van der Waals surface area contributed by atoms with Gasteiger partial charge in [-0.05, 0) is 25.0 Å². The second-order valence-corrected chi connectivity index (χ2v) is 5.70. The lowest BCUT2D eigenvalue weighted by atomic mass is 10.1. The topological polar surface area (TPSA) is 58.2 Å². The summed E-state index contributed by atoms with van der Waals surface area (Å²) < 4.78 is 0. The lowest BCUT2D eigenvalue weighted by Crippen LogP contribution is -2.37. The van der Waals surface area contributed by atoms with Crippen LogP contribution in [0, 0.1) is 13.8 Å². The SMILES string of the molecule is Cc1ccc(CNC(=O)CNC(=O)Cc2ccc(C)cc2)cc1. The van der Waals surface area contributed by atoms with Crippen LogP contribution in [0.5, 0.6) is 0 Å². The van der Waals surface area contributed by atoms with Gasteiger partial charge in [0.05, 0.1) is 13.0 Å². The predicted octanol–water partition coefficient (Wildman–Crippen LogP) is 2.28. The lowest BCUT2D eigenvalue weighted by molar-refractivity contribution is -0.125. The Balaban J connectivity index is 1.70. The Morgan fingerprint density at radius 2 is 1.26 bits per heavy atom. The predicted molar refractivity (Wildman–Crippen MR) is 90.9 cm³/mol. The standard InChI is InChI=1S/C19H22N2O2/c1-14-3-7-16(8-4-14)11-18(22)21-13-19(23)20-12-17-9-5-15(2)6-10-17/h3-10H,11-13H2,1-2H3,(H,20,23)(H,21,22). The Bertz CT molecular complexity index is 661. The molecule has 0 aliphatic heterocycles. The van der Waals surface area contributed by atoms with Crippen molar-refractivity contribution in [3.63, 3.8) is 0 Å². The first-order valence-electron chi connectivity index (χ1n) is 7.67. The average molecular weight is 310 g/mol. The first-order valence-corrected chi connectivity index (χ1v) is 7.67. The van der Waals surface area contributed by atoms with Crippen LogP contribution in [0.3, 0.4) is 0 Å². The minimum absolute atomic E-state index is 0.00342. The molecule has 4 heteroatoms. The van der Waals surface area contributed by atoms with Crippen molar-refractivity contribution in [3.05, 3.63) is 70.8 Å². The molecule has 0 aliphatic carbocycles. The largest absolute Gasteiger partial charge is 0.350 e. The van der Waals surface area contributed by atoms with Gasteiger partial charge in [0.2, 0.25) is 11.8 Å². The maximum Gasteiger partial charge on any atom is 0.239 e. The third kappa shape index (κ3) is 5.94. The molecule has 23 heavy (non-hydrogen) atoms.